The maximum Gasteiger partial charge on any atom is 0.271 e. The number of nitrogens with zero attached hydrogens (tertiary/aromatic N) is 1. The van der Waals surface area contributed by atoms with Gasteiger partial charge in [-0.1, -0.05) is 30.0 Å². The van der Waals surface area contributed by atoms with Crippen LogP contribution in [0.25, 0.3) is 0 Å². The molecule has 5 nitrogen and oxygen atoms in total. The highest BCUT2D eigenvalue weighted by molar-refractivity contribution is 7.99. The Kier molecular flexibility index (Phi) is 4.56. The number of amides is 1. The minimum Gasteiger partial charge on any atom is -0.508 e. The number of anilines is 2. The normalized spacial score (nSPS) is 12.6. The molecule has 4 rings (SSSR count). The lowest BCUT2D eigenvalue weighted by Crippen LogP contribution is -2.19. The van der Waals surface area contributed by atoms with Crippen LogP contribution in [0.5, 0.6) is 5.75 Å². The molecular weight excluding hydrogens is 358 g/mol. The van der Waals surface area contributed by atoms with Crippen LogP contribution in [0.1, 0.15) is 22.8 Å². The predicted molar refractivity (Wildman–Crippen MR) is 108 cm³/mol. The Morgan fingerprint density at radius 3 is 2.48 bits per heavy atom. The van der Waals surface area contributed by atoms with Crippen molar-refractivity contribution in [1.82, 2.24) is 5.43 Å². The van der Waals surface area contributed by atoms with E-state index in [0.29, 0.717) is 11.3 Å². The SMILES string of the molecule is C/C(=N/NC(=O)c1ccc(O)cc1)c1ccc2c(c1)Nc1ccccc1S2. The Bertz CT molecular complexity index is 1050. The number of hydrazone groups is 1. The number of benzene rings is 3. The zero-order chi connectivity index (χ0) is 18.8. The number of para-hydroxylation sites is 1. The molecule has 0 radical (unpaired) electrons. The largest absolute Gasteiger partial charge is 0.508 e. The van der Waals surface area contributed by atoms with E-state index in [-0.39, 0.29) is 11.7 Å². The first-order valence-electron chi connectivity index (χ1n) is 8.42. The molecule has 0 unspecified atom stereocenters. The number of rotatable bonds is 3. The van der Waals surface area contributed by atoms with Crippen molar-refractivity contribution < 1.29 is 9.90 Å². The molecule has 27 heavy (non-hydrogen) atoms. The molecule has 1 amide bonds. The topological polar surface area (TPSA) is 73.7 Å². The summed E-state index contributed by atoms with van der Waals surface area (Å²) in [7, 11) is 0. The molecule has 3 aromatic rings. The van der Waals surface area contributed by atoms with Gasteiger partial charge in [-0.2, -0.15) is 5.10 Å². The fourth-order valence-corrected chi connectivity index (χ4v) is 3.71. The van der Waals surface area contributed by atoms with E-state index >= 15 is 0 Å². The lowest BCUT2D eigenvalue weighted by atomic mass is 10.1. The van der Waals surface area contributed by atoms with Crippen LogP contribution in [-0.4, -0.2) is 16.7 Å². The third kappa shape index (κ3) is 3.66. The third-order valence-electron chi connectivity index (χ3n) is 4.23. The molecule has 0 aromatic heterocycles. The number of aromatic hydroxyl groups is 1. The summed E-state index contributed by atoms with van der Waals surface area (Å²) >= 11 is 1.73. The lowest BCUT2D eigenvalue weighted by molar-refractivity contribution is 0.0955. The van der Waals surface area contributed by atoms with Gasteiger partial charge < -0.3 is 10.4 Å². The molecule has 3 N–H and O–H groups in total. The van der Waals surface area contributed by atoms with Crippen LogP contribution in [0.2, 0.25) is 0 Å². The van der Waals surface area contributed by atoms with E-state index in [4.69, 9.17) is 0 Å². The molecule has 0 saturated carbocycles. The van der Waals surface area contributed by atoms with Crippen LogP contribution in [0.4, 0.5) is 11.4 Å². The zero-order valence-electron chi connectivity index (χ0n) is 14.6. The molecule has 0 saturated heterocycles. The fraction of sp³-hybridized carbons (Fsp3) is 0.0476. The van der Waals surface area contributed by atoms with Gasteiger partial charge in [-0.25, -0.2) is 5.43 Å². The summed E-state index contributed by atoms with van der Waals surface area (Å²) in [5, 5.41) is 16.9. The van der Waals surface area contributed by atoms with Gasteiger partial charge in [-0.15, -0.1) is 0 Å². The highest BCUT2D eigenvalue weighted by Crippen LogP contribution is 2.44. The van der Waals surface area contributed by atoms with Gasteiger partial charge >= 0.3 is 0 Å². The van der Waals surface area contributed by atoms with Gasteiger partial charge in [0.2, 0.25) is 0 Å². The summed E-state index contributed by atoms with van der Waals surface area (Å²) in [5.74, 6) is -0.206. The summed E-state index contributed by atoms with van der Waals surface area (Å²) in [5.41, 5.74) is 6.73. The molecule has 6 heteroatoms. The molecule has 3 aromatic carbocycles. The van der Waals surface area contributed by atoms with E-state index < -0.39 is 0 Å². The first kappa shape index (κ1) is 17.2. The van der Waals surface area contributed by atoms with Crippen molar-refractivity contribution in [3.05, 3.63) is 77.9 Å². The Morgan fingerprint density at radius 2 is 1.67 bits per heavy atom. The van der Waals surface area contributed by atoms with E-state index in [9.17, 15) is 9.90 Å². The van der Waals surface area contributed by atoms with Crippen LogP contribution >= 0.6 is 11.8 Å². The number of nitrogens with one attached hydrogen (secondary N) is 2. The monoisotopic (exact) mass is 375 g/mol. The summed E-state index contributed by atoms with van der Waals surface area (Å²) in [6.07, 6.45) is 0. The molecule has 0 spiro atoms. The maximum absolute atomic E-state index is 12.1. The van der Waals surface area contributed by atoms with Gasteiger partial charge in [0.25, 0.3) is 5.91 Å². The van der Waals surface area contributed by atoms with Crippen LogP contribution in [-0.2, 0) is 0 Å². The molecule has 0 atom stereocenters. The fourth-order valence-electron chi connectivity index (χ4n) is 2.74. The second kappa shape index (κ2) is 7.17. The first-order chi connectivity index (χ1) is 13.1. The van der Waals surface area contributed by atoms with Crippen molar-refractivity contribution in [2.24, 2.45) is 5.10 Å². The Morgan fingerprint density at radius 1 is 0.963 bits per heavy atom. The van der Waals surface area contributed by atoms with Crippen LogP contribution in [0.3, 0.4) is 0 Å². The van der Waals surface area contributed by atoms with E-state index in [2.05, 4.69) is 34.0 Å². The van der Waals surface area contributed by atoms with Crippen LogP contribution in [0.15, 0.2) is 81.6 Å². The quantitative estimate of drug-likeness (QED) is 0.357. The Hall–Kier alpha value is -3.25. The van der Waals surface area contributed by atoms with Crippen LogP contribution in [0, 0.1) is 0 Å². The lowest BCUT2D eigenvalue weighted by Gasteiger charge is -2.21. The van der Waals surface area contributed by atoms with Crippen molar-refractivity contribution >= 4 is 34.8 Å². The molecule has 0 bridgehead atoms. The first-order valence-corrected chi connectivity index (χ1v) is 9.24. The van der Waals surface area contributed by atoms with E-state index in [1.807, 2.05) is 31.2 Å². The van der Waals surface area contributed by atoms with Gasteiger partial charge in [0.1, 0.15) is 5.75 Å². The zero-order valence-corrected chi connectivity index (χ0v) is 15.4. The van der Waals surface area contributed by atoms with Crippen molar-refractivity contribution in [3.8, 4) is 5.75 Å². The van der Waals surface area contributed by atoms with Gasteiger partial charge in [0.15, 0.2) is 0 Å². The molecule has 0 aliphatic carbocycles. The van der Waals surface area contributed by atoms with Crippen molar-refractivity contribution in [2.45, 2.75) is 16.7 Å². The van der Waals surface area contributed by atoms with E-state index in [1.165, 1.54) is 17.0 Å². The second-order valence-corrected chi connectivity index (χ2v) is 7.20. The van der Waals surface area contributed by atoms with Crippen molar-refractivity contribution in [3.63, 3.8) is 0 Å². The van der Waals surface area contributed by atoms with Gasteiger partial charge in [-0.3, -0.25) is 4.79 Å². The predicted octanol–water partition coefficient (Wildman–Crippen LogP) is 4.75. The number of carbonyl (C=O) groups excluding carboxylic acids is 1. The minimum absolute atomic E-state index is 0.118. The Balaban J connectivity index is 1.51. The third-order valence-corrected chi connectivity index (χ3v) is 5.38. The van der Waals surface area contributed by atoms with Crippen molar-refractivity contribution in [2.75, 3.05) is 5.32 Å². The highest BCUT2D eigenvalue weighted by Gasteiger charge is 2.16. The molecule has 1 aliphatic rings. The molecule has 1 aliphatic heterocycles. The summed E-state index contributed by atoms with van der Waals surface area (Å²) in [6, 6.07) is 20.3. The number of hydrogen-bond acceptors (Lipinski definition) is 5. The highest BCUT2D eigenvalue weighted by atomic mass is 32.2. The smallest absolute Gasteiger partial charge is 0.271 e. The second-order valence-electron chi connectivity index (χ2n) is 6.12. The average molecular weight is 375 g/mol. The summed E-state index contributed by atoms with van der Waals surface area (Å²) < 4.78 is 0. The number of phenolic OH excluding ortho intramolecular Hbond substituents is 1. The number of hydrogen-bond donors (Lipinski definition) is 3. The molecule has 1 heterocycles. The average Bonchev–Trinajstić information content (AvgIpc) is 2.70. The number of carbonyl (C=O) groups is 1. The number of fused-ring (bicyclic) bond motifs is 2. The minimum atomic E-state index is -0.324. The van der Waals surface area contributed by atoms with E-state index in [0.717, 1.165) is 21.8 Å². The standard InChI is InChI=1S/C21H17N3O2S/c1-13(23-24-21(26)14-6-9-16(25)10-7-14)15-8-11-20-18(12-15)22-17-4-2-3-5-19(17)27-20/h2-12,22,25H,1H3,(H,24,26)/b23-13-. The van der Waals surface area contributed by atoms with E-state index in [1.54, 1.807) is 23.9 Å². The van der Waals surface area contributed by atoms with Crippen LogP contribution < -0.4 is 10.7 Å². The number of phenols is 1. The van der Waals surface area contributed by atoms with Gasteiger partial charge in [0.05, 0.1) is 17.1 Å². The maximum atomic E-state index is 12.1. The summed E-state index contributed by atoms with van der Waals surface area (Å²) in [4.78, 5) is 14.5. The summed E-state index contributed by atoms with van der Waals surface area (Å²) in [6.45, 7) is 1.85. The van der Waals surface area contributed by atoms with Gasteiger partial charge in [0, 0.05) is 15.4 Å². The van der Waals surface area contributed by atoms with Crippen molar-refractivity contribution in [1.29, 1.82) is 0 Å². The Labute approximate surface area is 161 Å². The van der Waals surface area contributed by atoms with Gasteiger partial charge in [-0.05, 0) is 61.0 Å². The molecular formula is C21H17N3O2S. The molecule has 0 fully saturated rings. The molecule has 134 valence electrons.